The summed E-state index contributed by atoms with van der Waals surface area (Å²) in [7, 11) is 0. The molecule has 0 unspecified atom stereocenters. The van der Waals surface area contributed by atoms with E-state index >= 15 is 0 Å². The third-order valence-corrected chi connectivity index (χ3v) is 2.98. The number of nitrogens with zero attached hydrogens (tertiary/aromatic N) is 2. The van der Waals surface area contributed by atoms with E-state index in [2.05, 4.69) is 23.3 Å². The number of esters is 2. The zero-order valence-corrected chi connectivity index (χ0v) is 13.6. The molecule has 0 atom stereocenters. The Labute approximate surface area is 148 Å². The topological polar surface area (TPSA) is 108 Å². The van der Waals surface area contributed by atoms with E-state index in [-0.39, 0.29) is 29.3 Å². The Balaban J connectivity index is 2.03. The van der Waals surface area contributed by atoms with Crippen molar-refractivity contribution in [2.75, 3.05) is 0 Å². The molecule has 0 saturated heterocycles. The molecule has 0 radical (unpaired) electrons. The summed E-state index contributed by atoms with van der Waals surface area (Å²) in [5, 5.41) is 0. The zero-order chi connectivity index (χ0) is 18.9. The minimum absolute atomic E-state index is 0.0690. The normalized spacial score (nSPS) is 10.7. The van der Waals surface area contributed by atoms with E-state index in [4.69, 9.17) is 13.9 Å². The molecule has 0 aliphatic carbocycles. The van der Waals surface area contributed by atoms with Crippen molar-refractivity contribution in [3.05, 3.63) is 82.8 Å². The number of aromatic nitrogens is 1. The van der Waals surface area contributed by atoms with Crippen LogP contribution in [0.15, 0.2) is 75.5 Å². The molecule has 2 aromatic rings. The summed E-state index contributed by atoms with van der Waals surface area (Å²) in [6, 6.07) is 4.11. The maximum atomic E-state index is 12.0. The standard InChI is InChI=1S/C18H14N2O6/c1-3-12(8-19-2)17(22)25-10-14-7-15(21)16(11-24-14)26-18(23)13-5-4-6-20-9-13/h3-9,11H,1-2,10H2/b12-8+. The van der Waals surface area contributed by atoms with Crippen molar-refractivity contribution in [3.8, 4) is 5.75 Å². The summed E-state index contributed by atoms with van der Waals surface area (Å²) < 4.78 is 15.1. The van der Waals surface area contributed by atoms with Crippen LogP contribution in [0.4, 0.5) is 0 Å². The van der Waals surface area contributed by atoms with Gasteiger partial charge in [0, 0.05) is 24.7 Å². The lowest BCUT2D eigenvalue weighted by Crippen LogP contribution is -2.15. The Morgan fingerprint density at radius 3 is 2.81 bits per heavy atom. The summed E-state index contributed by atoms with van der Waals surface area (Å²) in [6.07, 6.45) is 6.22. The molecule has 8 heteroatoms. The average Bonchev–Trinajstić information content (AvgIpc) is 2.66. The first kappa shape index (κ1) is 18.5. The van der Waals surface area contributed by atoms with E-state index in [1.54, 1.807) is 6.07 Å². The number of ether oxygens (including phenoxy) is 2. The molecular formula is C18H14N2O6. The lowest BCUT2D eigenvalue weighted by molar-refractivity contribution is -0.140. The van der Waals surface area contributed by atoms with Gasteiger partial charge in [-0.05, 0) is 18.9 Å². The number of carbonyl (C=O) groups excluding carboxylic acids is 2. The fraction of sp³-hybridized carbons (Fsp3) is 0.0556. The van der Waals surface area contributed by atoms with Gasteiger partial charge < -0.3 is 13.9 Å². The fourth-order valence-electron chi connectivity index (χ4n) is 1.74. The van der Waals surface area contributed by atoms with E-state index in [1.807, 2.05) is 0 Å². The smallest absolute Gasteiger partial charge is 0.345 e. The maximum absolute atomic E-state index is 12.0. The molecule has 8 nitrogen and oxygen atoms in total. The van der Waals surface area contributed by atoms with Gasteiger partial charge in [-0.3, -0.25) is 14.8 Å². The molecule has 0 aliphatic heterocycles. The molecule has 0 amide bonds. The van der Waals surface area contributed by atoms with Gasteiger partial charge in [0.1, 0.15) is 18.6 Å². The molecule has 0 N–H and O–H groups in total. The average molecular weight is 354 g/mol. The van der Waals surface area contributed by atoms with Gasteiger partial charge in [0.2, 0.25) is 11.2 Å². The van der Waals surface area contributed by atoms with Crippen LogP contribution in [0.3, 0.4) is 0 Å². The minimum atomic E-state index is -0.748. The molecular weight excluding hydrogens is 340 g/mol. The van der Waals surface area contributed by atoms with Crippen LogP contribution < -0.4 is 10.2 Å². The lowest BCUT2D eigenvalue weighted by atomic mass is 10.3. The lowest BCUT2D eigenvalue weighted by Gasteiger charge is -2.06. The molecule has 132 valence electrons. The number of carbonyl (C=O) groups is 2. The summed E-state index contributed by atoms with van der Waals surface area (Å²) in [5.74, 6) is -1.68. The molecule has 2 rings (SSSR count). The van der Waals surface area contributed by atoms with Gasteiger partial charge >= 0.3 is 11.9 Å². The third kappa shape index (κ3) is 4.84. The molecule has 26 heavy (non-hydrogen) atoms. The first-order valence-corrected chi connectivity index (χ1v) is 7.24. The Bertz CT molecular complexity index is 915. The van der Waals surface area contributed by atoms with Crippen molar-refractivity contribution >= 4 is 18.7 Å². The van der Waals surface area contributed by atoms with Crippen molar-refractivity contribution in [1.29, 1.82) is 0 Å². The Hall–Kier alpha value is -3.81. The van der Waals surface area contributed by atoms with Crippen molar-refractivity contribution in [2.24, 2.45) is 4.99 Å². The maximum Gasteiger partial charge on any atom is 0.345 e. The summed E-state index contributed by atoms with van der Waals surface area (Å²) in [6.45, 7) is 6.38. The number of pyridine rings is 1. The second kappa shape index (κ2) is 8.88. The largest absolute Gasteiger partial charge is 0.462 e. The number of hydrogen-bond acceptors (Lipinski definition) is 8. The number of hydrogen-bond donors (Lipinski definition) is 0. The Morgan fingerprint density at radius 2 is 2.19 bits per heavy atom. The highest BCUT2D eigenvalue weighted by Gasteiger charge is 2.14. The van der Waals surface area contributed by atoms with Gasteiger partial charge in [-0.1, -0.05) is 12.7 Å². The predicted molar refractivity (Wildman–Crippen MR) is 91.8 cm³/mol. The van der Waals surface area contributed by atoms with Crippen molar-refractivity contribution in [1.82, 2.24) is 4.98 Å². The quantitative estimate of drug-likeness (QED) is 0.324. The summed E-state index contributed by atoms with van der Waals surface area (Å²) >= 11 is 0. The highest BCUT2D eigenvalue weighted by Crippen LogP contribution is 2.11. The van der Waals surface area contributed by atoms with Crippen LogP contribution in [0.25, 0.3) is 0 Å². The molecule has 2 aromatic heterocycles. The monoisotopic (exact) mass is 354 g/mol. The predicted octanol–water partition coefficient (Wildman–Crippen LogP) is 2.07. The molecule has 2 heterocycles. The minimum Gasteiger partial charge on any atom is -0.462 e. The second-order valence-corrected chi connectivity index (χ2v) is 4.75. The van der Waals surface area contributed by atoms with E-state index in [9.17, 15) is 14.4 Å². The van der Waals surface area contributed by atoms with Gasteiger partial charge in [0.15, 0.2) is 0 Å². The Kier molecular flexibility index (Phi) is 6.33. The van der Waals surface area contributed by atoms with Crippen LogP contribution in [0.2, 0.25) is 0 Å². The molecule has 0 fully saturated rings. The van der Waals surface area contributed by atoms with Crippen molar-refractivity contribution in [2.45, 2.75) is 6.61 Å². The molecule has 0 aliphatic rings. The number of aliphatic imine (C=N–C) groups is 1. The van der Waals surface area contributed by atoms with E-state index in [1.165, 1.54) is 30.7 Å². The zero-order valence-electron chi connectivity index (χ0n) is 13.6. The third-order valence-electron chi connectivity index (χ3n) is 2.98. The summed E-state index contributed by atoms with van der Waals surface area (Å²) in [5.41, 5.74) is -0.319. The first-order chi connectivity index (χ1) is 12.5. The van der Waals surface area contributed by atoms with Crippen molar-refractivity contribution in [3.63, 3.8) is 0 Å². The van der Waals surface area contributed by atoms with Gasteiger partial charge in [-0.25, -0.2) is 9.59 Å². The van der Waals surface area contributed by atoms with E-state index in [0.717, 1.165) is 12.3 Å². The highest BCUT2D eigenvalue weighted by atomic mass is 16.6. The van der Waals surface area contributed by atoms with Gasteiger partial charge in [-0.2, -0.15) is 0 Å². The van der Waals surface area contributed by atoms with Crippen LogP contribution in [-0.4, -0.2) is 23.6 Å². The Morgan fingerprint density at radius 1 is 1.38 bits per heavy atom. The summed E-state index contributed by atoms with van der Waals surface area (Å²) in [4.78, 5) is 42.9. The van der Waals surface area contributed by atoms with Crippen LogP contribution >= 0.6 is 0 Å². The first-order valence-electron chi connectivity index (χ1n) is 7.24. The fourth-order valence-corrected chi connectivity index (χ4v) is 1.74. The van der Waals surface area contributed by atoms with Crippen molar-refractivity contribution < 1.29 is 23.5 Å². The second-order valence-electron chi connectivity index (χ2n) is 4.75. The van der Waals surface area contributed by atoms with Crippen LogP contribution in [0.5, 0.6) is 5.75 Å². The van der Waals surface area contributed by atoms with Crippen LogP contribution in [0, 0.1) is 0 Å². The molecule has 0 saturated carbocycles. The van der Waals surface area contributed by atoms with E-state index in [0.29, 0.717) is 0 Å². The van der Waals surface area contributed by atoms with Crippen LogP contribution in [0.1, 0.15) is 16.1 Å². The van der Waals surface area contributed by atoms with E-state index < -0.39 is 17.4 Å². The van der Waals surface area contributed by atoms with Gasteiger partial charge in [0.05, 0.1) is 11.1 Å². The number of rotatable bonds is 7. The van der Waals surface area contributed by atoms with Gasteiger partial charge in [-0.15, -0.1) is 0 Å². The highest BCUT2D eigenvalue weighted by molar-refractivity contribution is 5.91. The van der Waals surface area contributed by atoms with Gasteiger partial charge in [0.25, 0.3) is 0 Å². The SMILES string of the molecule is C=C/C(=C\N=C)C(=O)OCc1cc(=O)c(OC(=O)c2cccnc2)co1. The molecule has 0 spiro atoms. The van der Waals surface area contributed by atoms with Crippen LogP contribution in [-0.2, 0) is 16.1 Å². The molecule has 0 bridgehead atoms. The molecule has 0 aromatic carbocycles.